The van der Waals surface area contributed by atoms with E-state index in [-0.39, 0.29) is 11.8 Å². The Morgan fingerprint density at radius 1 is 1.29 bits per heavy atom. The fourth-order valence-electron chi connectivity index (χ4n) is 1.34. The summed E-state index contributed by atoms with van der Waals surface area (Å²) in [5.41, 5.74) is 1.07. The summed E-state index contributed by atoms with van der Waals surface area (Å²) in [6.07, 6.45) is 0. The fourth-order valence-corrected chi connectivity index (χ4v) is 1.55. The summed E-state index contributed by atoms with van der Waals surface area (Å²) in [5, 5.41) is 6.86. The van der Waals surface area contributed by atoms with Crippen LogP contribution in [0.1, 0.15) is 19.4 Å². The lowest BCUT2D eigenvalue weighted by atomic mass is 10.2. The van der Waals surface area contributed by atoms with Gasteiger partial charge in [0.2, 0.25) is 5.91 Å². The van der Waals surface area contributed by atoms with Crippen LogP contribution in [-0.4, -0.2) is 19.0 Å². The Labute approximate surface area is 108 Å². The first-order valence-corrected chi connectivity index (χ1v) is 6.21. The zero-order valence-corrected chi connectivity index (χ0v) is 11.1. The average Bonchev–Trinajstić information content (AvgIpc) is 2.30. The lowest BCUT2D eigenvalue weighted by molar-refractivity contribution is -0.123. The summed E-state index contributed by atoms with van der Waals surface area (Å²) in [7, 11) is 0. The van der Waals surface area contributed by atoms with Crippen molar-refractivity contribution < 1.29 is 4.79 Å². The van der Waals surface area contributed by atoms with Gasteiger partial charge in [-0.15, -0.1) is 0 Å². The Kier molecular flexibility index (Phi) is 6.01. The van der Waals surface area contributed by atoms with Gasteiger partial charge in [-0.1, -0.05) is 43.6 Å². The quantitative estimate of drug-likeness (QED) is 0.765. The molecule has 0 aliphatic rings. The number of benzene rings is 1. The number of nitrogens with one attached hydrogen (secondary N) is 2. The third kappa shape index (κ3) is 5.20. The zero-order valence-electron chi connectivity index (χ0n) is 10.3. The number of amides is 1. The molecule has 1 aromatic rings. The van der Waals surface area contributed by atoms with Crippen LogP contribution in [0.3, 0.4) is 0 Å². The summed E-state index contributed by atoms with van der Waals surface area (Å²) in [5.74, 6) is 0.128. The summed E-state index contributed by atoms with van der Waals surface area (Å²) >= 11 is 6.02. The summed E-state index contributed by atoms with van der Waals surface area (Å²) in [4.78, 5) is 11.3. The molecule has 0 saturated heterocycles. The van der Waals surface area contributed by atoms with Gasteiger partial charge in [-0.05, 0) is 11.6 Å². The van der Waals surface area contributed by atoms with E-state index < -0.39 is 0 Å². The molecule has 0 spiro atoms. The summed E-state index contributed by atoms with van der Waals surface area (Å²) < 4.78 is 0. The van der Waals surface area contributed by atoms with Gasteiger partial charge in [0, 0.05) is 30.6 Å². The molecule has 0 atom stereocenters. The lowest BCUT2D eigenvalue weighted by Crippen LogP contribution is -2.34. The first kappa shape index (κ1) is 14.0. The molecule has 4 heteroatoms. The van der Waals surface area contributed by atoms with Gasteiger partial charge in [-0.2, -0.15) is 0 Å². The van der Waals surface area contributed by atoms with E-state index in [4.69, 9.17) is 11.6 Å². The van der Waals surface area contributed by atoms with Crippen LogP contribution in [0.15, 0.2) is 24.3 Å². The van der Waals surface area contributed by atoms with Crippen molar-refractivity contribution in [2.75, 3.05) is 13.1 Å². The normalized spacial score (nSPS) is 10.6. The molecule has 0 aromatic heterocycles. The van der Waals surface area contributed by atoms with Crippen molar-refractivity contribution in [1.29, 1.82) is 0 Å². The van der Waals surface area contributed by atoms with Crippen LogP contribution < -0.4 is 10.6 Å². The molecule has 0 aliphatic carbocycles. The maximum absolute atomic E-state index is 11.3. The van der Waals surface area contributed by atoms with E-state index in [0.717, 1.165) is 23.7 Å². The monoisotopic (exact) mass is 254 g/mol. The molecular weight excluding hydrogens is 236 g/mol. The first-order chi connectivity index (χ1) is 8.11. The average molecular weight is 255 g/mol. The second-order valence-electron chi connectivity index (χ2n) is 4.21. The van der Waals surface area contributed by atoms with Gasteiger partial charge in [0.05, 0.1) is 0 Å². The second-order valence-corrected chi connectivity index (χ2v) is 4.62. The van der Waals surface area contributed by atoms with Crippen molar-refractivity contribution in [2.45, 2.75) is 20.4 Å². The van der Waals surface area contributed by atoms with Gasteiger partial charge in [0.15, 0.2) is 0 Å². The number of carbonyl (C=O) groups is 1. The van der Waals surface area contributed by atoms with Gasteiger partial charge in [0.25, 0.3) is 0 Å². The number of rotatable bonds is 6. The molecule has 1 rings (SSSR count). The van der Waals surface area contributed by atoms with Gasteiger partial charge in [-0.25, -0.2) is 0 Å². The smallest absolute Gasteiger partial charge is 0.222 e. The van der Waals surface area contributed by atoms with Gasteiger partial charge < -0.3 is 10.6 Å². The molecule has 0 fully saturated rings. The van der Waals surface area contributed by atoms with Crippen molar-refractivity contribution in [1.82, 2.24) is 10.6 Å². The van der Waals surface area contributed by atoms with Crippen LogP contribution >= 0.6 is 11.6 Å². The van der Waals surface area contributed by atoms with E-state index in [0.29, 0.717) is 6.54 Å². The van der Waals surface area contributed by atoms with Crippen LogP contribution in [0.2, 0.25) is 5.02 Å². The van der Waals surface area contributed by atoms with Crippen LogP contribution in [-0.2, 0) is 11.3 Å². The van der Waals surface area contributed by atoms with Gasteiger partial charge >= 0.3 is 0 Å². The molecule has 0 radical (unpaired) electrons. The highest BCUT2D eigenvalue weighted by Crippen LogP contribution is 2.13. The zero-order chi connectivity index (χ0) is 12.7. The summed E-state index contributed by atoms with van der Waals surface area (Å²) in [6.45, 7) is 5.86. The van der Waals surface area contributed by atoms with E-state index in [1.165, 1.54) is 0 Å². The maximum atomic E-state index is 11.3. The Hall–Kier alpha value is -1.06. The SMILES string of the molecule is CC(C)C(=O)NCCNCc1ccccc1Cl. The minimum absolute atomic E-state index is 0.0403. The standard InChI is InChI=1S/C13H19ClN2O/c1-10(2)13(17)16-8-7-15-9-11-5-3-4-6-12(11)14/h3-6,10,15H,7-9H2,1-2H3,(H,16,17). The van der Waals surface area contributed by atoms with Crippen molar-refractivity contribution in [3.8, 4) is 0 Å². The Bertz CT molecular complexity index is 366. The van der Waals surface area contributed by atoms with Gasteiger partial charge in [0.1, 0.15) is 0 Å². The predicted octanol–water partition coefficient (Wildman–Crippen LogP) is 2.20. The highest BCUT2D eigenvalue weighted by molar-refractivity contribution is 6.31. The molecule has 0 heterocycles. The topological polar surface area (TPSA) is 41.1 Å². The number of hydrogen-bond donors (Lipinski definition) is 2. The maximum Gasteiger partial charge on any atom is 0.222 e. The molecule has 1 amide bonds. The van der Waals surface area contributed by atoms with Crippen molar-refractivity contribution in [3.63, 3.8) is 0 Å². The summed E-state index contributed by atoms with van der Waals surface area (Å²) in [6, 6.07) is 7.74. The van der Waals surface area contributed by atoms with E-state index >= 15 is 0 Å². The third-order valence-corrected chi connectivity index (χ3v) is 2.77. The van der Waals surface area contributed by atoms with Gasteiger partial charge in [-0.3, -0.25) is 4.79 Å². The predicted molar refractivity (Wildman–Crippen MR) is 71.0 cm³/mol. The molecule has 2 N–H and O–H groups in total. The largest absolute Gasteiger partial charge is 0.355 e. The van der Waals surface area contributed by atoms with Crippen molar-refractivity contribution in [3.05, 3.63) is 34.9 Å². The van der Waals surface area contributed by atoms with E-state index in [1.54, 1.807) is 0 Å². The highest BCUT2D eigenvalue weighted by Gasteiger charge is 2.04. The number of carbonyl (C=O) groups excluding carboxylic acids is 1. The molecule has 0 unspecified atom stereocenters. The third-order valence-electron chi connectivity index (χ3n) is 2.40. The minimum Gasteiger partial charge on any atom is -0.355 e. The number of halogens is 1. The van der Waals surface area contributed by atoms with Crippen LogP contribution in [0.25, 0.3) is 0 Å². The first-order valence-electron chi connectivity index (χ1n) is 5.83. The molecule has 94 valence electrons. The Morgan fingerprint density at radius 3 is 2.65 bits per heavy atom. The molecule has 0 aliphatic heterocycles. The Balaban J connectivity index is 2.17. The molecular formula is C13H19ClN2O. The molecule has 3 nitrogen and oxygen atoms in total. The highest BCUT2D eigenvalue weighted by atomic mass is 35.5. The molecule has 0 bridgehead atoms. The fraction of sp³-hybridized carbons (Fsp3) is 0.462. The van der Waals surface area contributed by atoms with E-state index in [1.807, 2.05) is 38.1 Å². The van der Waals surface area contributed by atoms with Crippen molar-refractivity contribution >= 4 is 17.5 Å². The molecule has 1 aromatic carbocycles. The molecule has 0 saturated carbocycles. The van der Waals surface area contributed by atoms with Crippen LogP contribution in [0.5, 0.6) is 0 Å². The number of hydrogen-bond acceptors (Lipinski definition) is 2. The lowest BCUT2D eigenvalue weighted by Gasteiger charge is -2.09. The van der Waals surface area contributed by atoms with E-state index in [2.05, 4.69) is 10.6 Å². The molecule has 17 heavy (non-hydrogen) atoms. The van der Waals surface area contributed by atoms with Crippen molar-refractivity contribution in [2.24, 2.45) is 5.92 Å². The van der Waals surface area contributed by atoms with Crippen LogP contribution in [0, 0.1) is 5.92 Å². The second kappa shape index (κ2) is 7.30. The Morgan fingerprint density at radius 2 is 2.00 bits per heavy atom. The van der Waals surface area contributed by atoms with Crippen LogP contribution in [0.4, 0.5) is 0 Å². The van der Waals surface area contributed by atoms with E-state index in [9.17, 15) is 4.79 Å². The minimum atomic E-state index is 0.0403.